The maximum absolute atomic E-state index is 14.2. The van der Waals surface area contributed by atoms with Gasteiger partial charge in [-0.25, -0.2) is 9.59 Å². The fourth-order valence-corrected chi connectivity index (χ4v) is 2.63. The first-order chi connectivity index (χ1) is 9.83. The van der Waals surface area contributed by atoms with Crippen LogP contribution in [0.3, 0.4) is 0 Å². The molecular formula is C14H24F2N2O4. The summed E-state index contributed by atoms with van der Waals surface area (Å²) in [6, 6.07) is 0. The molecule has 1 fully saturated rings. The van der Waals surface area contributed by atoms with Gasteiger partial charge in [-0.05, 0) is 47.7 Å². The third kappa shape index (κ3) is 3.48. The zero-order valence-electron chi connectivity index (χ0n) is 13.7. The van der Waals surface area contributed by atoms with Gasteiger partial charge in [0.2, 0.25) is 0 Å². The predicted molar refractivity (Wildman–Crippen MR) is 76.0 cm³/mol. The summed E-state index contributed by atoms with van der Waals surface area (Å²) in [6.45, 7) is 5.21. The second-order valence-corrected chi connectivity index (χ2v) is 6.77. The van der Waals surface area contributed by atoms with Crippen molar-refractivity contribution >= 4 is 12.1 Å². The van der Waals surface area contributed by atoms with Gasteiger partial charge in [-0.3, -0.25) is 4.90 Å². The Morgan fingerprint density at radius 1 is 1.18 bits per heavy atom. The summed E-state index contributed by atoms with van der Waals surface area (Å²) in [5, 5.41) is 8.85. The minimum atomic E-state index is -3.89. The van der Waals surface area contributed by atoms with Crippen molar-refractivity contribution < 1.29 is 28.2 Å². The first-order valence-electron chi connectivity index (χ1n) is 7.10. The molecule has 1 aliphatic heterocycles. The van der Waals surface area contributed by atoms with E-state index in [0.29, 0.717) is 0 Å². The summed E-state index contributed by atoms with van der Waals surface area (Å²) in [5.74, 6) is -6.04. The van der Waals surface area contributed by atoms with Crippen LogP contribution < -0.4 is 0 Å². The predicted octanol–water partition coefficient (Wildman–Crippen LogP) is 2.04. The van der Waals surface area contributed by atoms with Crippen LogP contribution in [-0.4, -0.2) is 71.2 Å². The van der Waals surface area contributed by atoms with E-state index in [1.54, 1.807) is 20.8 Å². The summed E-state index contributed by atoms with van der Waals surface area (Å²) >= 11 is 0. The van der Waals surface area contributed by atoms with E-state index >= 15 is 0 Å². The van der Waals surface area contributed by atoms with Crippen molar-refractivity contribution in [2.24, 2.45) is 0 Å². The maximum Gasteiger partial charge on any atom is 0.410 e. The van der Waals surface area contributed by atoms with E-state index in [9.17, 15) is 18.4 Å². The van der Waals surface area contributed by atoms with E-state index in [2.05, 4.69) is 0 Å². The van der Waals surface area contributed by atoms with Crippen molar-refractivity contribution in [3.63, 3.8) is 0 Å². The van der Waals surface area contributed by atoms with Crippen LogP contribution in [0.1, 0.15) is 33.6 Å². The number of ether oxygens (including phenoxy) is 1. The highest BCUT2D eigenvalue weighted by molar-refractivity contribution is 5.77. The Bertz CT molecular complexity index is 439. The normalized spacial score (nSPS) is 19.2. The average Bonchev–Trinajstić information content (AvgIpc) is 2.36. The highest BCUT2D eigenvalue weighted by Crippen LogP contribution is 2.41. The fraction of sp³-hybridized carbons (Fsp3) is 0.857. The van der Waals surface area contributed by atoms with Crippen molar-refractivity contribution in [2.75, 3.05) is 27.2 Å². The van der Waals surface area contributed by atoms with Gasteiger partial charge in [0.25, 0.3) is 0 Å². The number of alkyl halides is 2. The number of carboxylic acids is 1. The van der Waals surface area contributed by atoms with Crippen LogP contribution in [0.4, 0.5) is 13.6 Å². The molecule has 0 spiro atoms. The summed E-state index contributed by atoms with van der Waals surface area (Å²) < 4.78 is 33.5. The molecule has 8 heteroatoms. The quantitative estimate of drug-likeness (QED) is 0.861. The van der Waals surface area contributed by atoms with Crippen LogP contribution in [-0.2, 0) is 9.53 Å². The SMILES string of the molecule is CN(C)C1(C(F)(F)C(=O)O)CCN(C(=O)OC(C)(C)C)CC1. The van der Waals surface area contributed by atoms with Gasteiger partial charge in [-0.2, -0.15) is 8.78 Å². The highest BCUT2D eigenvalue weighted by Gasteiger charge is 2.61. The molecule has 1 N–H and O–H groups in total. The number of rotatable bonds is 3. The Kier molecular flexibility index (Phi) is 5.06. The Morgan fingerprint density at radius 2 is 1.64 bits per heavy atom. The standard InChI is InChI=1S/C14H24F2N2O4/c1-12(2,3)22-11(21)18-8-6-13(7-9-18,17(4)5)14(15,16)10(19)20/h6-9H2,1-5H3,(H,19,20). The molecular weight excluding hydrogens is 298 g/mol. The average molecular weight is 322 g/mol. The summed E-state index contributed by atoms with van der Waals surface area (Å²) in [5.41, 5.74) is -2.48. The third-order valence-corrected chi connectivity index (χ3v) is 3.95. The van der Waals surface area contributed by atoms with Crippen molar-refractivity contribution in [1.82, 2.24) is 9.80 Å². The topological polar surface area (TPSA) is 70.1 Å². The van der Waals surface area contributed by atoms with Crippen LogP contribution in [0, 0.1) is 0 Å². The monoisotopic (exact) mass is 322 g/mol. The van der Waals surface area contributed by atoms with E-state index in [0.717, 1.165) is 0 Å². The molecule has 0 aromatic rings. The van der Waals surface area contributed by atoms with E-state index in [1.807, 2.05) is 0 Å². The number of carboxylic acid groups (broad SMARTS) is 1. The molecule has 1 amide bonds. The van der Waals surface area contributed by atoms with Crippen molar-refractivity contribution in [1.29, 1.82) is 0 Å². The fourth-order valence-electron chi connectivity index (χ4n) is 2.63. The molecule has 0 aromatic heterocycles. The zero-order chi connectivity index (χ0) is 17.3. The number of halogens is 2. The van der Waals surface area contributed by atoms with E-state index in [1.165, 1.54) is 23.9 Å². The minimum absolute atomic E-state index is 0.0238. The second-order valence-electron chi connectivity index (χ2n) is 6.77. The lowest BCUT2D eigenvalue weighted by Crippen LogP contribution is -2.66. The third-order valence-electron chi connectivity index (χ3n) is 3.95. The number of hydrogen-bond acceptors (Lipinski definition) is 4. The molecule has 6 nitrogen and oxygen atoms in total. The molecule has 0 atom stereocenters. The lowest BCUT2D eigenvalue weighted by Gasteiger charge is -2.48. The van der Waals surface area contributed by atoms with Gasteiger partial charge in [-0.15, -0.1) is 0 Å². The summed E-state index contributed by atoms with van der Waals surface area (Å²) in [4.78, 5) is 25.5. The van der Waals surface area contributed by atoms with Gasteiger partial charge in [0.15, 0.2) is 0 Å². The van der Waals surface area contributed by atoms with E-state index in [-0.39, 0.29) is 25.9 Å². The van der Waals surface area contributed by atoms with E-state index < -0.39 is 29.1 Å². The van der Waals surface area contributed by atoms with Gasteiger partial charge >= 0.3 is 18.0 Å². The van der Waals surface area contributed by atoms with Gasteiger partial charge in [0.1, 0.15) is 5.60 Å². The minimum Gasteiger partial charge on any atom is -0.477 e. The summed E-state index contributed by atoms with van der Waals surface area (Å²) in [7, 11) is 2.86. The Labute approximate surface area is 129 Å². The Morgan fingerprint density at radius 3 is 1.95 bits per heavy atom. The van der Waals surface area contributed by atoms with Gasteiger partial charge < -0.3 is 14.7 Å². The number of amides is 1. The molecule has 0 saturated carbocycles. The first-order valence-corrected chi connectivity index (χ1v) is 7.10. The van der Waals surface area contributed by atoms with Crippen molar-refractivity contribution in [3.05, 3.63) is 0 Å². The van der Waals surface area contributed by atoms with Gasteiger partial charge in [0, 0.05) is 13.1 Å². The molecule has 0 bridgehead atoms. The van der Waals surface area contributed by atoms with Crippen LogP contribution >= 0.6 is 0 Å². The number of likely N-dealkylation sites (tertiary alicyclic amines) is 1. The molecule has 0 aromatic carbocycles. The molecule has 1 saturated heterocycles. The smallest absolute Gasteiger partial charge is 0.410 e. The molecule has 1 aliphatic rings. The van der Waals surface area contributed by atoms with Crippen molar-refractivity contribution in [3.8, 4) is 0 Å². The lowest BCUT2D eigenvalue weighted by molar-refractivity contribution is -0.196. The number of aliphatic carboxylic acids is 1. The second kappa shape index (κ2) is 5.98. The number of hydrogen-bond donors (Lipinski definition) is 1. The van der Waals surface area contributed by atoms with Gasteiger partial charge in [-0.1, -0.05) is 0 Å². The highest BCUT2D eigenvalue weighted by atomic mass is 19.3. The molecule has 128 valence electrons. The molecule has 0 aliphatic carbocycles. The molecule has 22 heavy (non-hydrogen) atoms. The number of nitrogens with zero attached hydrogens (tertiary/aromatic N) is 2. The van der Waals surface area contributed by atoms with Crippen molar-refractivity contribution in [2.45, 2.75) is 50.7 Å². The largest absolute Gasteiger partial charge is 0.477 e. The van der Waals surface area contributed by atoms with Crippen LogP contribution in [0.25, 0.3) is 0 Å². The number of carbonyl (C=O) groups excluding carboxylic acids is 1. The molecule has 0 unspecified atom stereocenters. The Balaban J connectivity index is 2.88. The van der Waals surface area contributed by atoms with E-state index in [4.69, 9.17) is 9.84 Å². The van der Waals surface area contributed by atoms with Crippen LogP contribution in [0.2, 0.25) is 0 Å². The molecule has 1 rings (SSSR count). The van der Waals surface area contributed by atoms with Crippen LogP contribution in [0.5, 0.6) is 0 Å². The zero-order valence-corrected chi connectivity index (χ0v) is 13.7. The van der Waals surface area contributed by atoms with Gasteiger partial charge in [0.05, 0.1) is 5.54 Å². The molecule has 1 heterocycles. The maximum atomic E-state index is 14.2. The lowest BCUT2D eigenvalue weighted by atomic mass is 9.80. The molecule has 0 radical (unpaired) electrons. The number of carbonyl (C=O) groups is 2. The van der Waals surface area contributed by atoms with Crippen LogP contribution in [0.15, 0.2) is 0 Å². The Hall–Kier alpha value is -1.44. The number of piperidine rings is 1. The summed E-state index contributed by atoms with van der Waals surface area (Å²) in [6.07, 6.45) is -0.852. The first kappa shape index (κ1) is 18.6.